The average Bonchev–Trinajstić information content (AvgIpc) is 3.18. The molecule has 0 aliphatic heterocycles. The molecule has 0 saturated carbocycles. The van der Waals surface area contributed by atoms with Crippen LogP contribution in [0.3, 0.4) is 0 Å². The van der Waals surface area contributed by atoms with Crippen molar-refractivity contribution in [1.82, 2.24) is 19.9 Å². The summed E-state index contributed by atoms with van der Waals surface area (Å²) in [6.07, 6.45) is 6.43. The smallest absolute Gasteiger partial charge is 0.229 e. The summed E-state index contributed by atoms with van der Waals surface area (Å²) < 4.78 is 0.777. The van der Waals surface area contributed by atoms with Crippen LogP contribution in [0.15, 0.2) is 47.5 Å². The fourth-order valence-corrected chi connectivity index (χ4v) is 2.67. The molecule has 0 atom stereocenters. The van der Waals surface area contributed by atoms with Gasteiger partial charge in [0.15, 0.2) is 0 Å². The number of anilines is 4. The fraction of sp³-hybridized carbons (Fsp3) is 0.222. The van der Waals surface area contributed by atoms with Crippen LogP contribution < -0.4 is 16.0 Å². The van der Waals surface area contributed by atoms with Crippen molar-refractivity contribution < 1.29 is 4.79 Å². The summed E-state index contributed by atoms with van der Waals surface area (Å²) in [6.45, 7) is 2.51. The molecular weight excluding hydrogens is 410 g/mol. The summed E-state index contributed by atoms with van der Waals surface area (Å²) in [5.41, 5.74) is 2.49. The average molecular weight is 430 g/mol. The lowest BCUT2D eigenvalue weighted by atomic mass is 10.2. The van der Waals surface area contributed by atoms with Gasteiger partial charge in [-0.05, 0) is 34.1 Å². The van der Waals surface area contributed by atoms with Crippen molar-refractivity contribution in [3.05, 3.63) is 53.2 Å². The van der Waals surface area contributed by atoms with Crippen molar-refractivity contribution in [2.24, 2.45) is 0 Å². The monoisotopic (exact) mass is 429 g/mol. The van der Waals surface area contributed by atoms with Gasteiger partial charge < -0.3 is 20.9 Å². The molecule has 1 amide bonds. The normalized spacial score (nSPS) is 10.4. The molecule has 0 unspecified atom stereocenters. The lowest BCUT2D eigenvalue weighted by molar-refractivity contribution is -0.115. The Balaban J connectivity index is 1.65. The van der Waals surface area contributed by atoms with Gasteiger partial charge in [0.1, 0.15) is 5.82 Å². The number of hydrogen-bond donors (Lipinski definition) is 4. The highest BCUT2D eigenvalue weighted by Crippen LogP contribution is 2.23. The van der Waals surface area contributed by atoms with Crippen LogP contribution in [-0.2, 0) is 11.2 Å². The Morgan fingerprint density at radius 3 is 2.89 bits per heavy atom. The van der Waals surface area contributed by atoms with Crippen LogP contribution >= 0.6 is 15.9 Å². The lowest BCUT2D eigenvalue weighted by Gasteiger charge is -2.11. The Hall–Kier alpha value is -2.94. The quantitative estimate of drug-likeness (QED) is 0.434. The summed E-state index contributed by atoms with van der Waals surface area (Å²) in [7, 11) is 0. The maximum atomic E-state index is 11.5. The third kappa shape index (κ3) is 5.52. The number of benzene rings is 1. The molecule has 3 aromatic rings. The van der Waals surface area contributed by atoms with Gasteiger partial charge in [-0.15, -0.1) is 0 Å². The molecule has 9 heteroatoms. The van der Waals surface area contributed by atoms with Gasteiger partial charge in [-0.2, -0.15) is 4.98 Å². The number of imidazole rings is 1. The minimum atomic E-state index is -0.0320. The summed E-state index contributed by atoms with van der Waals surface area (Å²) in [4.78, 5) is 27.5. The van der Waals surface area contributed by atoms with E-state index in [0.717, 1.165) is 28.0 Å². The predicted molar refractivity (Wildman–Crippen MR) is 109 cm³/mol. The number of hydrogen-bond acceptors (Lipinski definition) is 6. The van der Waals surface area contributed by atoms with Crippen LogP contribution in [0.25, 0.3) is 0 Å². The highest BCUT2D eigenvalue weighted by molar-refractivity contribution is 9.10. The van der Waals surface area contributed by atoms with Gasteiger partial charge in [0.05, 0.1) is 16.5 Å². The third-order valence-corrected chi connectivity index (χ3v) is 4.28. The molecule has 0 spiro atoms. The minimum absolute atomic E-state index is 0.0320. The topological polar surface area (TPSA) is 108 Å². The number of aromatic nitrogens is 4. The molecule has 140 valence electrons. The second-order valence-corrected chi connectivity index (χ2v) is 6.59. The number of halogens is 1. The van der Waals surface area contributed by atoms with Gasteiger partial charge in [-0.3, -0.25) is 4.79 Å². The van der Waals surface area contributed by atoms with Gasteiger partial charge in [-0.1, -0.05) is 13.0 Å². The van der Waals surface area contributed by atoms with Crippen LogP contribution in [0.4, 0.5) is 23.1 Å². The molecule has 0 aliphatic carbocycles. The second-order valence-electron chi connectivity index (χ2n) is 5.74. The zero-order valence-corrected chi connectivity index (χ0v) is 16.4. The zero-order valence-electron chi connectivity index (χ0n) is 14.8. The van der Waals surface area contributed by atoms with Crippen molar-refractivity contribution in [3.63, 3.8) is 0 Å². The molecule has 0 radical (unpaired) electrons. The number of rotatable bonds is 8. The summed E-state index contributed by atoms with van der Waals surface area (Å²) in [5, 5.41) is 9.26. The van der Waals surface area contributed by atoms with E-state index in [-0.39, 0.29) is 5.91 Å². The van der Waals surface area contributed by atoms with Crippen molar-refractivity contribution in [2.45, 2.75) is 19.8 Å². The predicted octanol–water partition coefficient (Wildman–Crippen LogP) is 3.71. The Labute approximate surface area is 165 Å². The number of nitrogens with zero attached hydrogens (tertiary/aromatic N) is 3. The van der Waals surface area contributed by atoms with E-state index >= 15 is 0 Å². The van der Waals surface area contributed by atoms with Crippen molar-refractivity contribution in [1.29, 1.82) is 0 Å². The second kappa shape index (κ2) is 9.13. The van der Waals surface area contributed by atoms with Crippen LogP contribution in [0, 0.1) is 0 Å². The first-order chi connectivity index (χ1) is 13.1. The van der Waals surface area contributed by atoms with Gasteiger partial charge in [0.25, 0.3) is 0 Å². The fourth-order valence-electron chi connectivity index (χ4n) is 2.34. The molecule has 0 saturated heterocycles. The number of nitrogens with one attached hydrogen (secondary N) is 4. The largest absolute Gasteiger partial charge is 0.369 e. The number of amides is 1. The number of aromatic amines is 1. The summed E-state index contributed by atoms with van der Waals surface area (Å²) in [5.74, 6) is 1.12. The molecule has 27 heavy (non-hydrogen) atoms. The van der Waals surface area contributed by atoms with E-state index < -0.39 is 0 Å². The van der Waals surface area contributed by atoms with E-state index in [1.807, 2.05) is 37.4 Å². The van der Waals surface area contributed by atoms with E-state index in [1.165, 1.54) is 0 Å². The number of carbonyl (C=O) groups is 1. The molecule has 1 aromatic carbocycles. The van der Waals surface area contributed by atoms with Crippen molar-refractivity contribution in [3.8, 4) is 0 Å². The molecular formula is C18H20BrN7O. The molecule has 4 N–H and O–H groups in total. The van der Waals surface area contributed by atoms with Gasteiger partial charge in [0.2, 0.25) is 11.9 Å². The number of H-pyrrole nitrogens is 1. The van der Waals surface area contributed by atoms with E-state index in [4.69, 9.17) is 0 Å². The minimum Gasteiger partial charge on any atom is -0.369 e. The first-order valence-corrected chi connectivity index (χ1v) is 9.34. The van der Waals surface area contributed by atoms with Crippen LogP contribution in [0.2, 0.25) is 0 Å². The molecule has 0 aliphatic rings. The first-order valence-electron chi connectivity index (χ1n) is 8.55. The SMILES string of the molecule is CCC(=O)Nc1cccc(Nc2ncc(Br)c(NCCc3c[nH]cn3)n2)c1. The Morgan fingerprint density at radius 1 is 1.26 bits per heavy atom. The Morgan fingerprint density at radius 2 is 2.11 bits per heavy atom. The van der Waals surface area contributed by atoms with Crippen LogP contribution in [0.5, 0.6) is 0 Å². The molecule has 3 rings (SSSR count). The Kier molecular flexibility index (Phi) is 6.37. The van der Waals surface area contributed by atoms with E-state index in [2.05, 4.69) is 51.8 Å². The molecule has 2 aromatic heterocycles. The maximum absolute atomic E-state index is 11.5. The van der Waals surface area contributed by atoms with E-state index in [0.29, 0.717) is 24.7 Å². The molecule has 0 fully saturated rings. The van der Waals surface area contributed by atoms with Crippen molar-refractivity contribution >= 4 is 45.0 Å². The molecule has 2 heterocycles. The molecule has 0 bridgehead atoms. The van der Waals surface area contributed by atoms with E-state index in [1.54, 1.807) is 12.5 Å². The lowest BCUT2D eigenvalue weighted by Crippen LogP contribution is -2.10. The van der Waals surface area contributed by atoms with Gasteiger partial charge in [-0.25, -0.2) is 9.97 Å². The molecule has 8 nitrogen and oxygen atoms in total. The summed E-state index contributed by atoms with van der Waals surface area (Å²) >= 11 is 3.46. The Bertz CT molecular complexity index is 898. The van der Waals surface area contributed by atoms with Crippen LogP contribution in [0.1, 0.15) is 19.0 Å². The van der Waals surface area contributed by atoms with Crippen LogP contribution in [-0.4, -0.2) is 32.4 Å². The van der Waals surface area contributed by atoms with Crippen molar-refractivity contribution in [2.75, 3.05) is 22.5 Å². The van der Waals surface area contributed by atoms with E-state index in [9.17, 15) is 4.79 Å². The van der Waals surface area contributed by atoms with Gasteiger partial charge in [0, 0.05) is 43.2 Å². The zero-order chi connectivity index (χ0) is 19.1. The standard InChI is InChI=1S/C18H20BrN7O/c1-2-16(27)24-12-4-3-5-13(8-12)25-18-22-10-15(19)17(26-18)21-7-6-14-9-20-11-23-14/h3-5,8-11H,2,6-7H2,1H3,(H,20,23)(H,24,27)(H2,21,22,25,26). The highest BCUT2D eigenvalue weighted by Gasteiger charge is 2.07. The van der Waals surface area contributed by atoms with Gasteiger partial charge >= 0.3 is 0 Å². The third-order valence-electron chi connectivity index (χ3n) is 3.70. The first kappa shape index (κ1) is 18.8. The maximum Gasteiger partial charge on any atom is 0.229 e. The highest BCUT2D eigenvalue weighted by atomic mass is 79.9. The summed E-state index contributed by atoms with van der Waals surface area (Å²) in [6, 6.07) is 7.42. The number of carbonyl (C=O) groups excluding carboxylic acids is 1.